The lowest BCUT2D eigenvalue weighted by Crippen LogP contribution is -2.24. The average molecular weight is 169 g/mol. The lowest BCUT2D eigenvalue weighted by molar-refractivity contribution is 0.121. The van der Waals surface area contributed by atoms with Crippen LogP contribution < -0.4 is 0 Å². The van der Waals surface area contributed by atoms with Crippen LogP contribution in [0.1, 0.15) is 38.5 Å². The van der Waals surface area contributed by atoms with E-state index in [1.807, 2.05) is 0 Å². The van der Waals surface area contributed by atoms with E-state index in [1.165, 1.54) is 12.8 Å². The molecule has 1 fully saturated rings. The van der Waals surface area contributed by atoms with E-state index in [4.69, 9.17) is 5.53 Å². The standard InChI is InChI=1S/C8H15N3O/c9-11-10-7-5-3-1-2-4-6-8(7)12/h7-8,12H,1-6H2/t7-,8-/m0/s1. The van der Waals surface area contributed by atoms with Crippen molar-refractivity contribution in [1.29, 1.82) is 0 Å². The van der Waals surface area contributed by atoms with Crippen LogP contribution in [0.3, 0.4) is 0 Å². The van der Waals surface area contributed by atoms with E-state index in [2.05, 4.69) is 10.0 Å². The van der Waals surface area contributed by atoms with Gasteiger partial charge in [-0.1, -0.05) is 30.8 Å². The summed E-state index contributed by atoms with van der Waals surface area (Å²) >= 11 is 0. The maximum atomic E-state index is 9.54. The highest BCUT2D eigenvalue weighted by Gasteiger charge is 2.18. The molecule has 12 heavy (non-hydrogen) atoms. The normalized spacial score (nSPS) is 31.4. The molecule has 0 aromatic heterocycles. The first-order chi connectivity index (χ1) is 5.84. The number of aliphatic hydroxyl groups is 1. The second-order valence-electron chi connectivity index (χ2n) is 3.33. The molecule has 0 amide bonds. The van der Waals surface area contributed by atoms with E-state index in [9.17, 15) is 5.11 Å². The highest BCUT2D eigenvalue weighted by atomic mass is 16.3. The Morgan fingerprint density at radius 1 is 1.17 bits per heavy atom. The monoisotopic (exact) mass is 169 g/mol. The summed E-state index contributed by atoms with van der Waals surface area (Å²) in [5.74, 6) is 0. The van der Waals surface area contributed by atoms with Crippen LogP contribution in [0.4, 0.5) is 0 Å². The van der Waals surface area contributed by atoms with Gasteiger partial charge in [0.05, 0.1) is 12.1 Å². The molecule has 1 N–H and O–H groups in total. The predicted octanol–water partition coefficient (Wildman–Crippen LogP) is 2.38. The van der Waals surface area contributed by atoms with Gasteiger partial charge in [-0.25, -0.2) is 0 Å². The van der Waals surface area contributed by atoms with Crippen LogP contribution in [-0.4, -0.2) is 17.3 Å². The summed E-state index contributed by atoms with van der Waals surface area (Å²) in [4.78, 5) is 2.75. The van der Waals surface area contributed by atoms with Gasteiger partial charge in [0, 0.05) is 4.91 Å². The van der Waals surface area contributed by atoms with Crippen molar-refractivity contribution < 1.29 is 5.11 Å². The van der Waals surface area contributed by atoms with E-state index in [-0.39, 0.29) is 6.04 Å². The number of azide groups is 1. The summed E-state index contributed by atoms with van der Waals surface area (Å²) in [5, 5.41) is 13.1. The van der Waals surface area contributed by atoms with Gasteiger partial charge < -0.3 is 5.11 Å². The van der Waals surface area contributed by atoms with Crippen molar-refractivity contribution in [2.24, 2.45) is 5.11 Å². The SMILES string of the molecule is [N-]=[N+]=N[C@H]1CCCCCC[C@@H]1O. The largest absolute Gasteiger partial charge is 0.393 e. The molecule has 68 valence electrons. The van der Waals surface area contributed by atoms with Gasteiger partial charge in [-0.15, -0.1) is 0 Å². The Kier molecular flexibility index (Phi) is 3.91. The Morgan fingerprint density at radius 2 is 1.83 bits per heavy atom. The summed E-state index contributed by atoms with van der Waals surface area (Å²) < 4.78 is 0. The lowest BCUT2D eigenvalue weighted by atomic mass is 9.95. The Morgan fingerprint density at radius 3 is 2.50 bits per heavy atom. The van der Waals surface area contributed by atoms with E-state index in [0.717, 1.165) is 25.7 Å². The first-order valence-electron chi connectivity index (χ1n) is 4.57. The van der Waals surface area contributed by atoms with Gasteiger partial charge in [0.1, 0.15) is 0 Å². The zero-order valence-electron chi connectivity index (χ0n) is 7.19. The van der Waals surface area contributed by atoms with Gasteiger partial charge in [0.25, 0.3) is 0 Å². The molecule has 4 nitrogen and oxygen atoms in total. The molecular formula is C8H15N3O. The van der Waals surface area contributed by atoms with Crippen molar-refractivity contribution in [2.75, 3.05) is 0 Å². The van der Waals surface area contributed by atoms with Crippen LogP contribution in [0, 0.1) is 0 Å². The quantitative estimate of drug-likeness (QED) is 0.365. The molecule has 0 bridgehead atoms. The van der Waals surface area contributed by atoms with Gasteiger partial charge in [0.2, 0.25) is 0 Å². The number of hydrogen-bond acceptors (Lipinski definition) is 2. The zero-order valence-corrected chi connectivity index (χ0v) is 7.19. The smallest absolute Gasteiger partial charge is 0.0633 e. The van der Waals surface area contributed by atoms with Crippen LogP contribution in [0.2, 0.25) is 0 Å². The molecule has 1 aliphatic rings. The first-order valence-corrected chi connectivity index (χ1v) is 4.57. The molecule has 0 heterocycles. The molecule has 0 aromatic rings. The third-order valence-corrected chi connectivity index (χ3v) is 2.39. The third-order valence-electron chi connectivity index (χ3n) is 2.39. The topological polar surface area (TPSA) is 69.0 Å². The third kappa shape index (κ3) is 2.72. The van der Waals surface area contributed by atoms with Crippen LogP contribution in [0.15, 0.2) is 5.11 Å². The van der Waals surface area contributed by atoms with Gasteiger partial charge in [-0.2, -0.15) is 0 Å². The summed E-state index contributed by atoms with van der Waals surface area (Å²) in [7, 11) is 0. The van der Waals surface area contributed by atoms with E-state index in [0.29, 0.717) is 0 Å². The number of hydrogen-bond donors (Lipinski definition) is 1. The minimum absolute atomic E-state index is 0.185. The average Bonchev–Trinajstić information content (AvgIpc) is 2.05. The Labute approximate surface area is 72.2 Å². The highest BCUT2D eigenvalue weighted by molar-refractivity contribution is 4.77. The Balaban J connectivity index is 2.48. The molecule has 0 unspecified atom stereocenters. The maximum Gasteiger partial charge on any atom is 0.0633 e. The minimum atomic E-state index is -0.416. The fourth-order valence-corrected chi connectivity index (χ4v) is 1.65. The van der Waals surface area contributed by atoms with Crippen molar-refractivity contribution in [3.8, 4) is 0 Å². The second kappa shape index (κ2) is 5.01. The second-order valence-corrected chi connectivity index (χ2v) is 3.33. The highest BCUT2D eigenvalue weighted by Crippen LogP contribution is 2.19. The van der Waals surface area contributed by atoms with E-state index in [1.54, 1.807) is 0 Å². The Bertz CT molecular complexity index is 177. The predicted molar refractivity (Wildman–Crippen MR) is 46.6 cm³/mol. The van der Waals surface area contributed by atoms with E-state index < -0.39 is 6.10 Å². The molecule has 0 aromatic carbocycles. The maximum absolute atomic E-state index is 9.54. The lowest BCUT2D eigenvalue weighted by Gasteiger charge is -2.20. The molecule has 0 radical (unpaired) electrons. The molecule has 1 aliphatic carbocycles. The van der Waals surface area contributed by atoms with Crippen molar-refractivity contribution >= 4 is 0 Å². The number of rotatable bonds is 1. The molecular weight excluding hydrogens is 154 g/mol. The fraction of sp³-hybridized carbons (Fsp3) is 1.00. The molecule has 4 heteroatoms. The van der Waals surface area contributed by atoms with Crippen molar-refractivity contribution in [3.05, 3.63) is 10.4 Å². The first kappa shape index (κ1) is 9.36. The molecule has 0 spiro atoms. The number of aliphatic hydroxyl groups excluding tert-OH is 1. The molecule has 1 saturated carbocycles. The molecule has 2 atom stereocenters. The van der Waals surface area contributed by atoms with Crippen LogP contribution in [-0.2, 0) is 0 Å². The summed E-state index contributed by atoms with van der Waals surface area (Å²) in [6, 6.07) is -0.185. The molecule has 0 aliphatic heterocycles. The van der Waals surface area contributed by atoms with Gasteiger partial charge >= 0.3 is 0 Å². The van der Waals surface area contributed by atoms with Crippen LogP contribution in [0.25, 0.3) is 10.4 Å². The van der Waals surface area contributed by atoms with Crippen LogP contribution >= 0.6 is 0 Å². The van der Waals surface area contributed by atoms with Crippen molar-refractivity contribution in [2.45, 2.75) is 50.7 Å². The van der Waals surface area contributed by atoms with Gasteiger partial charge in [-0.3, -0.25) is 0 Å². The zero-order chi connectivity index (χ0) is 8.81. The van der Waals surface area contributed by atoms with Crippen LogP contribution in [0.5, 0.6) is 0 Å². The van der Waals surface area contributed by atoms with Gasteiger partial charge in [0.15, 0.2) is 0 Å². The van der Waals surface area contributed by atoms with Gasteiger partial charge in [-0.05, 0) is 18.4 Å². The summed E-state index contributed by atoms with van der Waals surface area (Å²) in [6.07, 6.45) is 5.72. The minimum Gasteiger partial charge on any atom is -0.393 e. The van der Waals surface area contributed by atoms with Crippen molar-refractivity contribution in [1.82, 2.24) is 0 Å². The Hall–Kier alpha value is -0.730. The molecule has 0 saturated heterocycles. The summed E-state index contributed by atoms with van der Waals surface area (Å²) in [6.45, 7) is 0. The van der Waals surface area contributed by atoms with Crippen molar-refractivity contribution in [3.63, 3.8) is 0 Å². The van der Waals surface area contributed by atoms with E-state index >= 15 is 0 Å². The summed E-state index contributed by atoms with van der Waals surface area (Å²) in [5.41, 5.74) is 8.25. The fourth-order valence-electron chi connectivity index (χ4n) is 1.65. The number of nitrogens with zero attached hydrogens (tertiary/aromatic N) is 3. The molecule has 1 rings (SSSR count).